The van der Waals surface area contributed by atoms with Gasteiger partial charge in [-0.1, -0.05) is 29.3 Å². The zero-order valence-corrected chi connectivity index (χ0v) is 22.8. The number of aromatic nitrogens is 4. The molecule has 1 aromatic carbocycles. The van der Waals surface area contributed by atoms with Gasteiger partial charge in [0.1, 0.15) is 11.1 Å². The molecule has 0 radical (unpaired) electrons. The number of aryl methyl sites for hydroxylation is 1. The van der Waals surface area contributed by atoms with E-state index >= 15 is 0 Å². The van der Waals surface area contributed by atoms with Crippen LogP contribution >= 0.6 is 23.2 Å². The summed E-state index contributed by atoms with van der Waals surface area (Å²) < 4.78 is 14.2. The van der Waals surface area contributed by atoms with Gasteiger partial charge in [0.05, 0.1) is 42.4 Å². The summed E-state index contributed by atoms with van der Waals surface area (Å²) in [6, 6.07) is 7.00. The lowest BCUT2D eigenvalue weighted by Crippen LogP contribution is -2.35. The maximum atomic E-state index is 14.1. The minimum Gasteiger partial charge on any atom is -0.480 e. The molecule has 0 spiro atoms. The molecule has 2 aliphatic rings. The molecule has 3 aromatic heterocycles. The van der Waals surface area contributed by atoms with E-state index in [-0.39, 0.29) is 28.5 Å². The molecule has 38 heavy (non-hydrogen) atoms. The number of pyridine rings is 1. The van der Waals surface area contributed by atoms with Crippen molar-refractivity contribution in [2.24, 2.45) is 7.05 Å². The fourth-order valence-electron chi connectivity index (χ4n) is 5.54. The molecule has 1 atom stereocenters. The van der Waals surface area contributed by atoms with E-state index in [0.29, 0.717) is 33.3 Å². The zero-order chi connectivity index (χ0) is 27.0. The average molecular weight is 552 g/mol. The third kappa shape index (κ3) is 3.25. The van der Waals surface area contributed by atoms with Gasteiger partial charge >= 0.3 is 6.01 Å². The second kappa shape index (κ2) is 8.61. The van der Waals surface area contributed by atoms with Gasteiger partial charge in [-0.25, -0.2) is 4.98 Å². The van der Waals surface area contributed by atoms with Crippen molar-refractivity contribution < 1.29 is 14.3 Å². The number of methoxy groups -OCH3 is 2. The van der Waals surface area contributed by atoms with E-state index in [1.54, 1.807) is 36.5 Å². The van der Waals surface area contributed by atoms with Crippen molar-refractivity contribution in [2.45, 2.75) is 25.9 Å². The minimum absolute atomic E-state index is 0.0332. The third-order valence-corrected chi connectivity index (χ3v) is 7.67. The first-order valence-electron chi connectivity index (χ1n) is 11.9. The van der Waals surface area contributed by atoms with Gasteiger partial charge in [-0.3, -0.25) is 14.5 Å². The summed E-state index contributed by atoms with van der Waals surface area (Å²) in [5.41, 5.74) is 5.00. The van der Waals surface area contributed by atoms with Crippen molar-refractivity contribution in [3.8, 4) is 34.3 Å². The second-order valence-electron chi connectivity index (χ2n) is 9.50. The van der Waals surface area contributed by atoms with E-state index in [4.69, 9.17) is 32.7 Å². The molecule has 1 amide bonds. The topological polar surface area (TPSA) is 91.5 Å². The molecule has 4 aromatic rings. The normalized spacial score (nSPS) is 15.3. The molecule has 0 bridgehead atoms. The fourth-order valence-corrected chi connectivity index (χ4v) is 6.05. The molecule has 0 unspecified atom stereocenters. The summed E-state index contributed by atoms with van der Waals surface area (Å²) in [7, 11) is 4.63. The number of carbonyl (C=O) groups is 1. The predicted octanol–water partition coefficient (Wildman–Crippen LogP) is 5.28. The number of anilines is 1. The Morgan fingerprint density at radius 3 is 2.47 bits per heavy atom. The molecule has 0 fully saturated rings. The molecule has 6 rings (SSSR count). The number of fused-ring (bicyclic) bond motifs is 8. The Morgan fingerprint density at radius 2 is 1.79 bits per heavy atom. The average Bonchev–Trinajstić information content (AvgIpc) is 3.42. The Kier molecular flexibility index (Phi) is 5.55. The minimum atomic E-state index is -0.466. The number of rotatable bonds is 4. The fraction of sp³-hybridized carbons (Fsp3) is 0.259. The molecule has 0 N–H and O–H groups in total. The number of nitrogens with zero attached hydrogens (tertiary/aromatic N) is 5. The number of hydrogen-bond acceptors (Lipinski definition) is 6. The van der Waals surface area contributed by atoms with Crippen LogP contribution in [0.25, 0.3) is 22.4 Å². The smallest absolute Gasteiger partial charge is 0.319 e. The highest BCUT2D eigenvalue weighted by molar-refractivity contribution is 6.35. The van der Waals surface area contributed by atoms with Crippen LogP contribution in [0.5, 0.6) is 11.9 Å². The Morgan fingerprint density at radius 1 is 1.03 bits per heavy atom. The number of carbonyl (C=O) groups excluding carboxylic acids is 1. The van der Waals surface area contributed by atoms with Crippen LogP contribution in [0.2, 0.25) is 10.0 Å². The summed E-state index contributed by atoms with van der Waals surface area (Å²) in [6.45, 7) is 4.10. The zero-order valence-electron chi connectivity index (χ0n) is 21.2. The molecule has 194 valence electrons. The number of amides is 1. The van der Waals surface area contributed by atoms with Crippen molar-refractivity contribution in [2.75, 3.05) is 19.1 Å². The van der Waals surface area contributed by atoms with Crippen molar-refractivity contribution in [1.82, 2.24) is 19.1 Å². The van der Waals surface area contributed by atoms with Crippen molar-refractivity contribution in [3.05, 3.63) is 73.9 Å². The molecule has 5 heterocycles. The first-order valence-corrected chi connectivity index (χ1v) is 12.7. The van der Waals surface area contributed by atoms with Crippen molar-refractivity contribution in [1.29, 1.82) is 0 Å². The molecule has 11 heteroatoms. The van der Waals surface area contributed by atoms with Gasteiger partial charge in [-0.2, -0.15) is 4.98 Å². The van der Waals surface area contributed by atoms with Gasteiger partial charge in [0.2, 0.25) is 5.88 Å². The SMILES string of the molecule is COc1ncc(-c2cc3c(n2C(C)C)[C@@H]2c4ccc(Cl)cc4-c4c(cn(C)c(=O)c4Cl)N2C3=O)c(OC)n1. The first kappa shape index (κ1) is 24.5. The van der Waals surface area contributed by atoms with Crippen LogP contribution in [0.1, 0.15) is 47.5 Å². The predicted molar refractivity (Wildman–Crippen MR) is 145 cm³/mol. The highest BCUT2D eigenvalue weighted by Crippen LogP contribution is 2.55. The molecule has 9 nitrogen and oxygen atoms in total. The number of benzene rings is 1. The summed E-state index contributed by atoms with van der Waals surface area (Å²) >= 11 is 13.0. The Hall–Kier alpha value is -3.82. The van der Waals surface area contributed by atoms with Gasteiger partial charge < -0.3 is 18.6 Å². The number of halogens is 2. The van der Waals surface area contributed by atoms with Crippen LogP contribution < -0.4 is 19.9 Å². The first-order chi connectivity index (χ1) is 18.2. The van der Waals surface area contributed by atoms with Crippen LogP contribution in [0, 0.1) is 0 Å². The Labute approximate surface area is 228 Å². The molecular formula is C27H23Cl2N5O4. The summed E-state index contributed by atoms with van der Waals surface area (Å²) in [5, 5.41) is 0.549. The highest BCUT2D eigenvalue weighted by Gasteiger charge is 2.48. The lowest BCUT2D eigenvalue weighted by Gasteiger charge is -2.36. The van der Waals surface area contributed by atoms with E-state index in [1.165, 1.54) is 18.8 Å². The maximum Gasteiger partial charge on any atom is 0.319 e. The van der Waals surface area contributed by atoms with Crippen molar-refractivity contribution in [3.63, 3.8) is 0 Å². The summed E-state index contributed by atoms with van der Waals surface area (Å²) in [5.74, 6) is 0.137. The Balaban J connectivity index is 1.67. The lowest BCUT2D eigenvalue weighted by molar-refractivity contribution is 0.0993. The second-order valence-corrected chi connectivity index (χ2v) is 10.3. The number of hydrogen-bond donors (Lipinski definition) is 0. The van der Waals surface area contributed by atoms with Crippen LogP contribution in [-0.4, -0.2) is 39.2 Å². The van der Waals surface area contributed by atoms with E-state index < -0.39 is 6.04 Å². The lowest BCUT2D eigenvalue weighted by atomic mass is 9.88. The van der Waals surface area contributed by atoms with Gasteiger partial charge in [0, 0.05) is 36.1 Å². The van der Waals surface area contributed by atoms with Crippen LogP contribution in [0.4, 0.5) is 5.69 Å². The van der Waals surface area contributed by atoms with E-state index in [2.05, 4.69) is 14.5 Å². The van der Waals surface area contributed by atoms with Gasteiger partial charge in [0.15, 0.2) is 0 Å². The van der Waals surface area contributed by atoms with Crippen molar-refractivity contribution >= 4 is 34.8 Å². The highest BCUT2D eigenvalue weighted by atomic mass is 35.5. The van der Waals surface area contributed by atoms with E-state index in [9.17, 15) is 9.59 Å². The van der Waals surface area contributed by atoms with Gasteiger partial charge in [-0.15, -0.1) is 0 Å². The summed E-state index contributed by atoms with van der Waals surface area (Å²) in [4.78, 5) is 37.3. The molecule has 0 saturated heterocycles. The monoisotopic (exact) mass is 551 g/mol. The van der Waals surface area contributed by atoms with Gasteiger partial charge in [0.25, 0.3) is 11.5 Å². The molecule has 0 saturated carbocycles. The van der Waals surface area contributed by atoms with Gasteiger partial charge in [-0.05, 0) is 43.2 Å². The largest absolute Gasteiger partial charge is 0.480 e. The third-order valence-electron chi connectivity index (χ3n) is 7.08. The quantitative estimate of drug-likeness (QED) is 0.342. The Bertz CT molecular complexity index is 1730. The van der Waals surface area contributed by atoms with E-state index in [1.807, 2.05) is 26.0 Å². The summed E-state index contributed by atoms with van der Waals surface area (Å²) in [6.07, 6.45) is 3.29. The van der Waals surface area contributed by atoms with E-state index in [0.717, 1.165) is 22.5 Å². The van der Waals surface area contributed by atoms with Crippen LogP contribution in [0.15, 0.2) is 41.5 Å². The molecule has 0 aliphatic carbocycles. The molecular weight excluding hydrogens is 529 g/mol. The number of ether oxygens (including phenoxy) is 2. The molecule has 2 aliphatic heterocycles. The maximum absolute atomic E-state index is 14.1. The van der Waals surface area contributed by atoms with Crippen LogP contribution in [0.3, 0.4) is 0 Å². The van der Waals surface area contributed by atoms with Crippen LogP contribution in [-0.2, 0) is 7.05 Å². The standard InChI is InChI=1S/C27H23Cl2N5O4/c1-12(2)33-18(17-10-30-27(38-5)31-24(17)37-4)9-16-23(33)22-14-7-6-13(28)8-15(14)20-19(34(22)25(16)35)11-32(3)26(36)21(20)29/h6-12,22H,1-5H3/t22-/m0/s1.